The number of carbonyl (C=O) groups excluding carboxylic acids is 3. The third kappa shape index (κ3) is 4.73. The number of benzene rings is 2. The first-order valence-electron chi connectivity index (χ1n) is 10.1. The Kier molecular flexibility index (Phi) is 6.81. The third-order valence-electron chi connectivity index (χ3n) is 5.32. The average molecular weight is 393 g/mol. The van der Waals surface area contributed by atoms with Gasteiger partial charge in [-0.1, -0.05) is 55.8 Å². The lowest BCUT2D eigenvalue weighted by Gasteiger charge is -2.27. The number of hydrogen-bond donors (Lipinski definition) is 0. The van der Waals surface area contributed by atoms with Gasteiger partial charge in [0, 0.05) is 6.54 Å². The molecule has 1 fully saturated rings. The first-order valence-corrected chi connectivity index (χ1v) is 10.1. The normalized spacial score (nSPS) is 18.9. The summed E-state index contributed by atoms with van der Waals surface area (Å²) in [6, 6.07) is 16.6. The summed E-state index contributed by atoms with van der Waals surface area (Å²) in [6.45, 7) is 4.52. The Balaban J connectivity index is 1.83. The van der Waals surface area contributed by atoms with Crippen molar-refractivity contribution >= 4 is 17.5 Å². The monoisotopic (exact) mass is 393 g/mol. The number of Topliss-reactive ketones (excluding diaryl/α,β-unsaturated/α-hetero) is 2. The van der Waals surface area contributed by atoms with Gasteiger partial charge in [-0.15, -0.1) is 0 Å². The van der Waals surface area contributed by atoms with E-state index in [9.17, 15) is 14.4 Å². The molecule has 0 bridgehead atoms. The Morgan fingerprint density at radius 3 is 2.34 bits per heavy atom. The zero-order chi connectivity index (χ0) is 20.8. The summed E-state index contributed by atoms with van der Waals surface area (Å²) in [6.07, 6.45) is 2.66. The van der Waals surface area contributed by atoms with E-state index in [1.165, 1.54) is 6.92 Å². The lowest BCUT2D eigenvalue weighted by atomic mass is 9.90. The molecule has 29 heavy (non-hydrogen) atoms. The van der Waals surface area contributed by atoms with E-state index >= 15 is 0 Å². The van der Waals surface area contributed by atoms with Crippen LogP contribution in [-0.4, -0.2) is 35.5 Å². The topological polar surface area (TPSA) is 63.7 Å². The van der Waals surface area contributed by atoms with Crippen molar-refractivity contribution in [3.8, 4) is 5.75 Å². The molecule has 0 aliphatic carbocycles. The van der Waals surface area contributed by atoms with Gasteiger partial charge in [-0.25, -0.2) is 0 Å². The van der Waals surface area contributed by atoms with Gasteiger partial charge >= 0.3 is 0 Å². The number of amides is 1. The molecule has 152 valence electrons. The SMILES string of the molecule is CCCCOc1ccc(C2C(C(C)=O)C(=O)C(=O)N2CCc2ccccc2)cc1. The van der Waals surface area contributed by atoms with Crippen LogP contribution in [0.25, 0.3) is 0 Å². The van der Waals surface area contributed by atoms with Gasteiger partial charge in [-0.05, 0) is 43.0 Å². The molecule has 3 rings (SSSR count). The van der Waals surface area contributed by atoms with Crippen LogP contribution in [0, 0.1) is 5.92 Å². The van der Waals surface area contributed by atoms with E-state index in [1.807, 2.05) is 54.6 Å². The predicted octanol–water partition coefficient (Wildman–Crippen LogP) is 3.77. The Hall–Kier alpha value is -2.95. The molecule has 5 heteroatoms. The first kappa shape index (κ1) is 20.8. The average Bonchev–Trinajstić information content (AvgIpc) is 2.98. The van der Waals surface area contributed by atoms with Crippen LogP contribution < -0.4 is 4.74 Å². The van der Waals surface area contributed by atoms with E-state index in [2.05, 4.69) is 6.92 Å². The Labute approximate surface area is 171 Å². The summed E-state index contributed by atoms with van der Waals surface area (Å²) in [4.78, 5) is 39.0. The molecule has 0 saturated carbocycles. The lowest BCUT2D eigenvalue weighted by molar-refractivity contribution is -0.142. The summed E-state index contributed by atoms with van der Waals surface area (Å²) in [5.41, 5.74) is 1.86. The molecule has 1 amide bonds. The minimum Gasteiger partial charge on any atom is -0.494 e. The summed E-state index contributed by atoms with van der Waals surface area (Å²) in [5.74, 6) is -1.68. The van der Waals surface area contributed by atoms with Gasteiger partial charge in [0.05, 0.1) is 12.6 Å². The van der Waals surface area contributed by atoms with Crippen LogP contribution in [0.15, 0.2) is 54.6 Å². The number of ether oxygens (including phenoxy) is 1. The number of carbonyl (C=O) groups is 3. The summed E-state index contributed by atoms with van der Waals surface area (Å²) in [5, 5.41) is 0. The zero-order valence-electron chi connectivity index (χ0n) is 17.0. The van der Waals surface area contributed by atoms with E-state index in [1.54, 1.807) is 4.90 Å². The Morgan fingerprint density at radius 1 is 1.03 bits per heavy atom. The van der Waals surface area contributed by atoms with Crippen LogP contribution in [0.3, 0.4) is 0 Å². The Bertz CT molecular complexity index is 860. The number of likely N-dealkylation sites (tertiary alicyclic amines) is 1. The van der Waals surface area contributed by atoms with E-state index in [4.69, 9.17) is 4.74 Å². The van der Waals surface area contributed by atoms with Crippen LogP contribution in [0.1, 0.15) is 43.9 Å². The molecular weight excluding hydrogens is 366 g/mol. The number of hydrogen-bond acceptors (Lipinski definition) is 4. The second-order valence-electron chi connectivity index (χ2n) is 7.40. The van der Waals surface area contributed by atoms with Crippen molar-refractivity contribution in [2.75, 3.05) is 13.2 Å². The smallest absolute Gasteiger partial charge is 0.291 e. The van der Waals surface area contributed by atoms with E-state index in [0.717, 1.165) is 29.7 Å². The van der Waals surface area contributed by atoms with Gasteiger partial charge in [-0.2, -0.15) is 0 Å². The molecule has 2 aromatic carbocycles. The van der Waals surface area contributed by atoms with Crippen LogP contribution >= 0.6 is 0 Å². The van der Waals surface area contributed by atoms with Gasteiger partial charge in [0.2, 0.25) is 5.78 Å². The number of rotatable bonds is 9. The van der Waals surface area contributed by atoms with E-state index in [0.29, 0.717) is 19.6 Å². The maximum atomic E-state index is 12.7. The molecule has 1 aliphatic rings. The largest absolute Gasteiger partial charge is 0.494 e. The van der Waals surface area contributed by atoms with Gasteiger partial charge in [0.1, 0.15) is 17.5 Å². The second-order valence-corrected chi connectivity index (χ2v) is 7.40. The zero-order valence-corrected chi connectivity index (χ0v) is 17.0. The van der Waals surface area contributed by atoms with Crippen molar-refractivity contribution in [1.82, 2.24) is 4.90 Å². The highest BCUT2D eigenvalue weighted by atomic mass is 16.5. The summed E-state index contributed by atoms with van der Waals surface area (Å²) >= 11 is 0. The second kappa shape index (κ2) is 9.50. The maximum Gasteiger partial charge on any atom is 0.291 e. The molecule has 0 N–H and O–H groups in total. The lowest BCUT2D eigenvalue weighted by Crippen LogP contribution is -2.32. The van der Waals surface area contributed by atoms with Crippen molar-refractivity contribution < 1.29 is 19.1 Å². The third-order valence-corrected chi connectivity index (χ3v) is 5.32. The minimum absolute atomic E-state index is 0.279. The molecule has 0 spiro atoms. The highest BCUT2D eigenvalue weighted by molar-refractivity contribution is 6.42. The number of ketones is 2. The molecule has 2 unspecified atom stereocenters. The fourth-order valence-corrected chi connectivity index (χ4v) is 3.73. The highest BCUT2D eigenvalue weighted by Gasteiger charge is 2.49. The minimum atomic E-state index is -0.954. The van der Waals surface area contributed by atoms with Gasteiger partial charge in [0.25, 0.3) is 5.91 Å². The maximum absolute atomic E-state index is 12.7. The molecule has 0 aromatic heterocycles. The first-order chi connectivity index (χ1) is 14.0. The van der Waals surface area contributed by atoms with Crippen molar-refractivity contribution in [2.45, 2.75) is 39.2 Å². The van der Waals surface area contributed by atoms with Crippen molar-refractivity contribution in [3.63, 3.8) is 0 Å². The Morgan fingerprint density at radius 2 is 1.72 bits per heavy atom. The fraction of sp³-hybridized carbons (Fsp3) is 0.375. The van der Waals surface area contributed by atoms with Crippen molar-refractivity contribution in [3.05, 3.63) is 65.7 Å². The van der Waals surface area contributed by atoms with Crippen LogP contribution in [0.2, 0.25) is 0 Å². The highest BCUT2D eigenvalue weighted by Crippen LogP contribution is 2.37. The molecule has 1 heterocycles. The van der Waals surface area contributed by atoms with E-state index in [-0.39, 0.29) is 5.78 Å². The van der Waals surface area contributed by atoms with Gasteiger partial charge in [0.15, 0.2) is 0 Å². The fourth-order valence-electron chi connectivity index (χ4n) is 3.73. The predicted molar refractivity (Wildman–Crippen MR) is 111 cm³/mol. The molecular formula is C24H27NO4. The molecule has 5 nitrogen and oxygen atoms in total. The van der Waals surface area contributed by atoms with Crippen LogP contribution in [-0.2, 0) is 20.8 Å². The number of nitrogens with zero attached hydrogens (tertiary/aromatic N) is 1. The van der Waals surface area contributed by atoms with Crippen LogP contribution in [0.4, 0.5) is 0 Å². The number of unbranched alkanes of at least 4 members (excludes halogenated alkanes) is 1. The quantitative estimate of drug-likeness (QED) is 0.370. The standard InChI is InChI=1S/C24H27NO4/c1-3-4-16-29-20-12-10-19(11-13-20)22-21(17(2)26)23(27)24(28)25(22)15-14-18-8-6-5-7-9-18/h5-13,21-22H,3-4,14-16H2,1-2H3. The molecule has 2 aromatic rings. The molecule has 1 aliphatic heterocycles. The van der Waals surface area contributed by atoms with Crippen molar-refractivity contribution in [2.24, 2.45) is 5.92 Å². The summed E-state index contributed by atoms with van der Waals surface area (Å²) < 4.78 is 5.70. The molecule has 2 atom stereocenters. The van der Waals surface area contributed by atoms with Crippen LogP contribution in [0.5, 0.6) is 5.75 Å². The summed E-state index contributed by atoms with van der Waals surface area (Å²) in [7, 11) is 0. The molecule has 1 saturated heterocycles. The van der Waals surface area contributed by atoms with Gasteiger partial charge < -0.3 is 9.64 Å². The van der Waals surface area contributed by atoms with E-state index < -0.39 is 23.7 Å². The molecule has 0 radical (unpaired) electrons. The van der Waals surface area contributed by atoms with Gasteiger partial charge in [-0.3, -0.25) is 14.4 Å². The van der Waals surface area contributed by atoms with Crippen molar-refractivity contribution in [1.29, 1.82) is 0 Å².